The molecule has 1 saturated heterocycles. The van der Waals surface area contributed by atoms with E-state index in [1.165, 1.54) is 17.7 Å². The summed E-state index contributed by atoms with van der Waals surface area (Å²) in [5, 5.41) is 3.48. The summed E-state index contributed by atoms with van der Waals surface area (Å²) in [4.78, 5) is 6.97. The number of rotatable bonds is 3. The summed E-state index contributed by atoms with van der Waals surface area (Å²) in [6.45, 7) is 2.87. The zero-order chi connectivity index (χ0) is 13.2. The van der Waals surface area contributed by atoms with Crippen LogP contribution in [-0.2, 0) is 11.2 Å². The molecule has 3 unspecified atom stereocenters. The SMILES string of the molecule is CNC(C1CN(C)CCO1)C1CCc2cccnc21. The van der Waals surface area contributed by atoms with Crippen LogP contribution in [0.5, 0.6) is 0 Å². The molecular formula is C15H23N3O. The van der Waals surface area contributed by atoms with Crippen molar-refractivity contribution >= 4 is 0 Å². The average molecular weight is 261 g/mol. The normalized spacial score (nSPS) is 29.2. The number of hydrogen-bond donors (Lipinski definition) is 1. The van der Waals surface area contributed by atoms with Crippen molar-refractivity contribution in [3.8, 4) is 0 Å². The molecule has 0 radical (unpaired) electrons. The topological polar surface area (TPSA) is 37.4 Å². The Morgan fingerprint density at radius 2 is 2.42 bits per heavy atom. The third-order valence-electron chi connectivity index (χ3n) is 4.47. The Kier molecular flexibility index (Phi) is 3.82. The molecule has 3 rings (SSSR count). The van der Waals surface area contributed by atoms with Gasteiger partial charge in [-0.05, 0) is 38.6 Å². The van der Waals surface area contributed by atoms with Gasteiger partial charge in [0.25, 0.3) is 0 Å². The van der Waals surface area contributed by atoms with Crippen LogP contribution in [0.2, 0.25) is 0 Å². The van der Waals surface area contributed by atoms with Crippen LogP contribution in [0.4, 0.5) is 0 Å². The van der Waals surface area contributed by atoms with Crippen molar-refractivity contribution in [2.75, 3.05) is 33.8 Å². The highest BCUT2D eigenvalue weighted by molar-refractivity contribution is 5.30. The van der Waals surface area contributed by atoms with E-state index in [-0.39, 0.29) is 6.10 Å². The van der Waals surface area contributed by atoms with E-state index in [1.54, 1.807) is 0 Å². The van der Waals surface area contributed by atoms with E-state index in [1.807, 2.05) is 19.3 Å². The second kappa shape index (κ2) is 5.57. The molecule has 0 saturated carbocycles. The third-order valence-corrected chi connectivity index (χ3v) is 4.47. The number of ether oxygens (including phenoxy) is 1. The molecule has 0 spiro atoms. The Morgan fingerprint density at radius 3 is 3.21 bits per heavy atom. The predicted molar refractivity (Wildman–Crippen MR) is 75.4 cm³/mol. The van der Waals surface area contributed by atoms with Crippen molar-refractivity contribution in [3.63, 3.8) is 0 Å². The largest absolute Gasteiger partial charge is 0.374 e. The second-order valence-electron chi connectivity index (χ2n) is 5.68. The van der Waals surface area contributed by atoms with E-state index < -0.39 is 0 Å². The summed E-state index contributed by atoms with van der Waals surface area (Å²) in [6, 6.07) is 4.61. The molecule has 3 atom stereocenters. The van der Waals surface area contributed by atoms with Crippen LogP contribution in [0.1, 0.15) is 23.6 Å². The monoisotopic (exact) mass is 261 g/mol. The van der Waals surface area contributed by atoms with Gasteiger partial charge in [0, 0.05) is 36.9 Å². The second-order valence-corrected chi connectivity index (χ2v) is 5.68. The fourth-order valence-corrected chi connectivity index (χ4v) is 3.47. The predicted octanol–water partition coefficient (Wildman–Crippen LogP) is 1.03. The summed E-state index contributed by atoms with van der Waals surface area (Å²) in [5.74, 6) is 0.484. The number of aromatic nitrogens is 1. The number of morpholine rings is 1. The number of nitrogens with zero attached hydrogens (tertiary/aromatic N) is 2. The van der Waals surface area contributed by atoms with Crippen molar-refractivity contribution in [1.29, 1.82) is 0 Å². The summed E-state index contributed by atoms with van der Waals surface area (Å²) in [7, 11) is 4.21. The molecular weight excluding hydrogens is 238 g/mol. The lowest BCUT2D eigenvalue weighted by atomic mass is 9.91. The fourth-order valence-electron chi connectivity index (χ4n) is 3.47. The fraction of sp³-hybridized carbons (Fsp3) is 0.667. The maximum absolute atomic E-state index is 6.00. The molecule has 1 aromatic rings. The first kappa shape index (κ1) is 13.0. The van der Waals surface area contributed by atoms with E-state index in [0.29, 0.717) is 12.0 Å². The van der Waals surface area contributed by atoms with Crippen LogP contribution in [-0.4, -0.2) is 55.8 Å². The van der Waals surface area contributed by atoms with Crippen molar-refractivity contribution < 1.29 is 4.74 Å². The minimum atomic E-state index is 0.265. The first-order valence-electron chi connectivity index (χ1n) is 7.21. The zero-order valence-electron chi connectivity index (χ0n) is 11.8. The van der Waals surface area contributed by atoms with Gasteiger partial charge in [0.1, 0.15) is 0 Å². The maximum Gasteiger partial charge on any atom is 0.0861 e. The Hall–Kier alpha value is -0.970. The highest BCUT2D eigenvalue weighted by Crippen LogP contribution is 2.35. The van der Waals surface area contributed by atoms with Gasteiger partial charge in [-0.25, -0.2) is 0 Å². The van der Waals surface area contributed by atoms with Gasteiger partial charge in [-0.3, -0.25) is 4.98 Å². The van der Waals surface area contributed by atoms with Crippen LogP contribution >= 0.6 is 0 Å². The van der Waals surface area contributed by atoms with Crippen molar-refractivity contribution in [2.24, 2.45) is 0 Å². The van der Waals surface area contributed by atoms with Crippen LogP contribution in [0.25, 0.3) is 0 Å². The van der Waals surface area contributed by atoms with Gasteiger partial charge in [-0.1, -0.05) is 6.07 Å². The van der Waals surface area contributed by atoms with Gasteiger partial charge in [0.2, 0.25) is 0 Å². The Morgan fingerprint density at radius 1 is 1.53 bits per heavy atom. The number of fused-ring (bicyclic) bond motifs is 1. The molecule has 4 heteroatoms. The smallest absolute Gasteiger partial charge is 0.0861 e. The molecule has 104 valence electrons. The Balaban J connectivity index is 1.80. The summed E-state index contributed by atoms with van der Waals surface area (Å²) in [6.07, 6.45) is 4.51. The molecule has 0 amide bonds. The van der Waals surface area contributed by atoms with Crippen LogP contribution in [0.15, 0.2) is 18.3 Å². The van der Waals surface area contributed by atoms with Crippen LogP contribution in [0.3, 0.4) is 0 Å². The van der Waals surface area contributed by atoms with Gasteiger partial charge < -0.3 is 15.0 Å². The molecule has 4 nitrogen and oxygen atoms in total. The van der Waals surface area contributed by atoms with Crippen LogP contribution in [0, 0.1) is 0 Å². The molecule has 1 fully saturated rings. The molecule has 2 heterocycles. The van der Waals surface area contributed by atoms with Crippen molar-refractivity contribution in [3.05, 3.63) is 29.6 Å². The molecule has 1 aliphatic carbocycles. The number of aryl methyl sites for hydroxylation is 1. The maximum atomic E-state index is 6.00. The van der Waals surface area contributed by atoms with Gasteiger partial charge in [-0.15, -0.1) is 0 Å². The van der Waals surface area contributed by atoms with E-state index in [2.05, 4.69) is 28.3 Å². The molecule has 1 aliphatic heterocycles. The van der Waals surface area contributed by atoms with Gasteiger partial charge in [0.05, 0.1) is 12.7 Å². The van der Waals surface area contributed by atoms with Gasteiger partial charge in [-0.2, -0.15) is 0 Å². The quantitative estimate of drug-likeness (QED) is 0.882. The zero-order valence-corrected chi connectivity index (χ0v) is 11.8. The van der Waals surface area contributed by atoms with Gasteiger partial charge in [0.15, 0.2) is 0 Å². The highest BCUT2D eigenvalue weighted by Gasteiger charge is 2.36. The van der Waals surface area contributed by atoms with Crippen LogP contribution < -0.4 is 5.32 Å². The van der Waals surface area contributed by atoms with Gasteiger partial charge >= 0.3 is 0 Å². The lowest BCUT2D eigenvalue weighted by molar-refractivity contribution is -0.0421. The minimum absolute atomic E-state index is 0.265. The molecule has 0 bridgehead atoms. The summed E-state index contributed by atoms with van der Waals surface area (Å²) < 4.78 is 6.00. The number of likely N-dealkylation sites (N-methyl/N-ethyl adjacent to an activating group) is 2. The third kappa shape index (κ3) is 2.53. The van der Waals surface area contributed by atoms with E-state index in [9.17, 15) is 0 Å². The van der Waals surface area contributed by atoms with Crippen molar-refractivity contribution in [2.45, 2.75) is 30.9 Å². The number of hydrogen-bond acceptors (Lipinski definition) is 4. The first-order valence-corrected chi connectivity index (χ1v) is 7.21. The summed E-state index contributed by atoms with van der Waals surface area (Å²) >= 11 is 0. The Labute approximate surface area is 115 Å². The average Bonchev–Trinajstić information content (AvgIpc) is 2.84. The Bertz CT molecular complexity index is 437. The molecule has 2 aliphatic rings. The lowest BCUT2D eigenvalue weighted by Gasteiger charge is -2.37. The molecule has 1 aromatic heterocycles. The molecule has 19 heavy (non-hydrogen) atoms. The highest BCUT2D eigenvalue weighted by atomic mass is 16.5. The number of pyridine rings is 1. The minimum Gasteiger partial charge on any atom is -0.374 e. The number of nitrogens with one attached hydrogen (secondary N) is 1. The first-order chi connectivity index (χ1) is 9.29. The lowest BCUT2D eigenvalue weighted by Crippen LogP contribution is -2.52. The molecule has 0 aromatic carbocycles. The molecule has 1 N–H and O–H groups in total. The van der Waals surface area contributed by atoms with E-state index >= 15 is 0 Å². The van der Waals surface area contributed by atoms with Crippen molar-refractivity contribution in [1.82, 2.24) is 15.2 Å². The van der Waals surface area contributed by atoms with E-state index in [0.717, 1.165) is 26.1 Å². The standard InChI is InChI=1S/C15H23N3O/c1-16-15(13-10-18(2)8-9-19-13)12-6-5-11-4-3-7-17-14(11)12/h3-4,7,12-13,15-16H,5-6,8-10H2,1-2H3. The summed E-state index contributed by atoms with van der Waals surface area (Å²) in [5.41, 5.74) is 2.69. The van der Waals surface area contributed by atoms with E-state index in [4.69, 9.17) is 4.74 Å².